The molecule has 1 saturated heterocycles. The van der Waals surface area contributed by atoms with E-state index in [0.717, 1.165) is 10.9 Å². The number of carbonyl (C=O) groups excluding carboxylic acids is 2. The van der Waals surface area contributed by atoms with Crippen LogP contribution < -0.4 is 5.32 Å². The van der Waals surface area contributed by atoms with E-state index < -0.39 is 15.9 Å². The van der Waals surface area contributed by atoms with Gasteiger partial charge in [0, 0.05) is 37.6 Å². The van der Waals surface area contributed by atoms with Crippen molar-refractivity contribution in [3.63, 3.8) is 0 Å². The van der Waals surface area contributed by atoms with Crippen LogP contribution in [-0.2, 0) is 26.0 Å². The Morgan fingerprint density at radius 3 is 2.86 bits per heavy atom. The largest absolute Gasteiger partial charge is 0.349 e. The number of nitrogens with zero attached hydrogens (tertiary/aromatic N) is 3. The molecule has 3 heterocycles. The van der Waals surface area contributed by atoms with Crippen LogP contribution in [-0.4, -0.2) is 59.6 Å². The van der Waals surface area contributed by atoms with Crippen molar-refractivity contribution in [1.29, 1.82) is 0 Å². The summed E-state index contributed by atoms with van der Waals surface area (Å²) >= 11 is 0. The summed E-state index contributed by atoms with van der Waals surface area (Å²) < 4.78 is 25.5. The monoisotopic (exact) mass is 416 g/mol. The number of benzene rings is 1. The number of hydrogen-bond donors (Lipinski definition) is 1. The van der Waals surface area contributed by atoms with Crippen molar-refractivity contribution in [2.75, 3.05) is 18.1 Å². The molecule has 1 fully saturated rings. The predicted octanol–water partition coefficient (Wildman–Crippen LogP) is 1.23. The van der Waals surface area contributed by atoms with Gasteiger partial charge >= 0.3 is 0 Å². The maximum atomic E-state index is 12.5. The van der Waals surface area contributed by atoms with Gasteiger partial charge in [0.1, 0.15) is 5.71 Å². The maximum Gasteiger partial charge on any atom is 0.267 e. The molecule has 1 N–H and O–H groups in total. The van der Waals surface area contributed by atoms with E-state index in [1.54, 1.807) is 0 Å². The first-order valence-corrected chi connectivity index (χ1v) is 11.6. The minimum atomic E-state index is -3.13. The lowest BCUT2D eigenvalue weighted by Gasteiger charge is -2.27. The van der Waals surface area contributed by atoms with E-state index in [4.69, 9.17) is 0 Å². The second-order valence-electron chi connectivity index (χ2n) is 7.67. The van der Waals surface area contributed by atoms with Gasteiger partial charge in [-0.2, -0.15) is 5.10 Å². The lowest BCUT2D eigenvalue weighted by molar-refractivity contribution is -0.133. The number of rotatable bonds is 5. The van der Waals surface area contributed by atoms with Gasteiger partial charge in [-0.05, 0) is 36.9 Å². The molecule has 2 amide bonds. The molecule has 154 valence electrons. The van der Waals surface area contributed by atoms with Gasteiger partial charge < -0.3 is 9.88 Å². The van der Waals surface area contributed by atoms with Gasteiger partial charge in [-0.3, -0.25) is 9.59 Å². The summed E-state index contributed by atoms with van der Waals surface area (Å²) in [4.78, 5) is 24.7. The third kappa shape index (κ3) is 4.19. The molecule has 2 aliphatic heterocycles. The normalized spacial score (nSPS) is 21.4. The SMILES string of the molecule is Cc1ccc2c(ccn2CCNC(=O)C2=NN([C@@H]3CCS(=O)(=O)C3)C(=O)CC2)c1. The standard InChI is InChI=1S/C20H24N4O4S/c1-14-2-4-18-15(12-14)6-9-23(18)10-8-21-20(26)17-3-5-19(25)24(22-17)16-7-11-29(27,28)13-16/h2,4,6,9,12,16H,3,5,7-8,10-11,13H2,1H3,(H,21,26)/t16-/m1/s1. The highest BCUT2D eigenvalue weighted by Crippen LogP contribution is 2.22. The fourth-order valence-corrected chi connectivity index (χ4v) is 5.59. The van der Waals surface area contributed by atoms with Gasteiger partial charge in [-0.25, -0.2) is 13.4 Å². The third-order valence-corrected chi connectivity index (χ3v) is 7.19. The number of hydrazone groups is 1. The number of carbonyl (C=O) groups is 2. The topological polar surface area (TPSA) is 101 Å². The van der Waals surface area contributed by atoms with Crippen molar-refractivity contribution in [2.24, 2.45) is 5.10 Å². The van der Waals surface area contributed by atoms with Crippen molar-refractivity contribution >= 4 is 38.3 Å². The highest BCUT2D eigenvalue weighted by molar-refractivity contribution is 7.91. The van der Waals surface area contributed by atoms with Crippen LogP contribution in [0.5, 0.6) is 0 Å². The average Bonchev–Trinajstić information content (AvgIpc) is 3.24. The average molecular weight is 417 g/mol. The zero-order valence-corrected chi connectivity index (χ0v) is 17.1. The van der Waals surface area contributed by atoms with E-state index in [9.17, 15) is 18.0 Å². The Balaban J connectivity index is 1.38. The molecule has 0 saturated carbocycles. The molecule has 1 aromatic carbocycles. The van der Waals surface area contributed by atoms with Gasteiger partial charge in [0.25, 0.3) is 5.91 Å². The van der Waals surface area contributed by atoms with Crippen molar-refractivity contribution in [3.05, 3.63) is 36.0 Å². The van der Waals surface area contributed by atoms with Crippen LogP contribution in [0.3, 0.4) is 0 Å². The summed E-state index contributed by atoms with van der Waals surface area (Å²) in [6.07, 6.45) is 2.80. The number of aryl methyl sites for hydroxylation is 1. The predicted molar refractivity (Wildman–Crippen MR) is 110 cm³/mol. The highest BCUT2D eigenvalue weighted by atomic mass is 32.2. The summed E-state index contributed by atoms with van der Waals surface area (Å²) in [6.45, 7) is 3.10. The second kappa shape index (κ2) is 7.62. The van der Waals surface area contributed by atoms with Crippen LogP contribution in [0, 0.1) is 6.92 Å². The minimum absolute atomic E-state index is 0.0584. The Hall–Kier alpha value is -2.68. The van der Waals surface area contributed by atoms with Gasteiger partial charge in [0.15, 0.2) is 9.84 Å². The Bertz CT molecular complexity index is 1100. The molecule has 0 spiro atoms. The number of sulfone groups is 1. The number of nitrogens with one attached hydrogen (secondary N) is 1. The van der Waals surface area contributed by atoms with Crippen LogP contribution in [0.4, 0.5) is 0 Å². The lowest BCUT2D eigenvalue weighted by Crippen LogP contribution is -2.44. The zero-order valence-electron chi connectivity index (χ0n) is 16.3. The van der Waals surface area contributed by atoms with Crippen molar-refractivity contribution in [2.45, 2.75) is 38.8 Å². The maximum absolute atomic E-state index is 12.5. The molecule has 0 bridgehead atoms. The molecule has 8 nitrogen and oxygen atoms in total. The van der Waals surface area contributed by atoms with E-state index in [2.05, 4.69) is 46.2 Å². The first-order valence-electron chi connectivity index (χ1n) is 9.76. The summed E-state index contributed by atoms with van der Waals surface area (Å²) in [6, 6.07) is 7.83. The number of amides is 2. The summed E-state index contributed by atoms with van der Waals surface area (Å²) in [5.41, 5.74) is 2.59. The molecule has 2 aromatic rings. The first-order chi connectivity index (χ1) is 13.8. The van der Waals surface area contributed by atoms with Crippen LogP contribution in [0.2, 0.25) is 0 Å². The molecule has 29 heavy (non-hydrogen) atoms. The molecule has 1 aromatic heterocycles. The fraction of sp³-hybridized carbons (Fsp3) is 0.450. The third-order valence-electron chi connectivity index (χ3n) is 5.44. The quantitative estimate of drug-likeness (QED) is 0.792. The summed E-state index contributed by atoms with van der Waals surface area (Å²) in [5.74, 6) is -0.561. The van der Waals surface area contributed by atoms with Crippen molar-refractivity contribution < 1.29 is 18.0 Å². The second-order valence-corrected chi connectivity index (χ2v) is 9.90. The number of aromatic nitrogens is 1. The van der Waals surface area contributed by atoms with Gasteiger partial charge in [0.05, 0.1) is 17.5 Å². The van der Waals surface area contributed by atoms with Gasteiger partial charge in [-0.15, -0.1) is 0 Å². The lowest BCUT2D eigenvalue weighted by atomic mass is 10.1. The molecule has 0 radical (unpaired) electrons. The molecule has 0 aliphatic carbocycles. The number of fused-ring (bicyclic) bond motifs is 1. The van der Waals surface area contributed by atoms with E-state index in [1.807, 2.05) is 6.20 Å². The van der Waals surface area contributed by atoms with E-state index >= 15 is 0 Å². The molecular weight excluding hydrogens is 392 g/mol. The molecule has 2 aliphatic rings. The molecule has 9 heteroatoms. The molecule has 1 atom stereocenters. The van der Waals surface area contributed by atoms with E-state index in [0.29, 0.717) is 19.5 Å². The Morgan fingerprint density at radius 1 is 1.28 bits per heavy atom. The van der Waals surface area contributed by atoms with E-state index in [-0.39, 0.29) is 41.9 Å². The van der Waals surface area contributed by atoms with Crippen LogP contribution >= 0.6 is 0 Å². The highest BCUT2D eigenvalue weighted by Gasteiger charge is 2.37. The fourth-order valence-electron chi connectivity index (χ4n) is 3.89. The van der Waals surface area contributed by atoms with Crippen molar-refractivity contribution in [1.82, 2.24) is 14.9 Å². The Morgan fingerprint density at radius 2 is 2.10 bits per heavy atom. The summed E-state index contributed by atoms with van der Waals surface area (Å²) in [5, 5.41) is 9.44. The Labute approximate surface area is 169 Å². The smallest absolute Gasteiger partial charge is 0.267 e. The van der Waals surface area contributed by atoms with Crippen LogP contribution in [0.25, 0.3) is 10.9 Å². The minimum Gasteiger partial charge on any atom is -0.349 e. The Kier molecular flexibility index (Phi) is 5.16. The molecule has 0 unspecified atom stereocenters. The van der Waals surface area contributed by atoms with Crippen LogP contribution in [0.1, 0.15) is 24.8 Å². The molecular formula is C20H24N4O4S. The summed E-state index contributed by atoms with van der Waals surface area (Å²) in [7, 11) is -3.13. The first kappa shape index (κ1) is 19.6. The zero-order chi connectivity index (χ0) is 20.6. The molecule has 4 rings (SSSR count). The van der Waals surface area contributed by atoms with E-state index in [1.165, 1.54) is 10.6 Å². The number of hydrogen-bond acceptors (Lipinski definition) is 5. The van der Waals surface area contributed by atoms with Crippen molar-refractivity contribution in [3.8, 4) is 0 Å². The van der Waals surface area contributed by atoms with Gasteiger partial charge in [0.2, 0.25) is 5.91 Å². The van der Waals surface area contributed by atoms with Crippen LogP contribution in [0.15, 0.2) is 35.6 Å². The van der Waals surface area contributed by atoms with Gasteiger partial charge in [-0.1, -0.05) is 11.6 Å².